The Morgan fingerprint density at radius 3 is 2.68 bits per heavy atom. The van der Waals surface area contributed by atoms with Gasteiger partial charge in [0.2, 0.25) is 5.95 Å². The monoisotopic (exact) mass is 305 g/mol. The lowest BCUT2D eigenvalue weighted by atomic mass is 10.3. The van der Waals surface area contributed by atoms with Crippen LogP contribution in [0.5, 0.6) is 0 Å². The number of aryl methyl sites for hydroxylation is 1. The second-order valence-corrected chi connectivity index (χ2v) is 5.72. The molecule has 2 fully saturated rings. The largest absolute Gasteiger partial charge is 0.391 e. The van der Waals surface area contributed by atoms with Gasteiger partial charge in [-0.1, -0.05) is 5.21 Å². The highest BCUT2D eigenvalue weighted by Gasteiger charge is 2.27. The van der Waals surface area contributed by atoms with Crippen LogP contribution in [0.4, 0.5) is 11.8 Å². The Hall–Kier alpha value is -2.00. The van der Waals surface area contributed by atoms with Crippen LogP contribution in [0.3, 0.4) is 0 Å². The average molecular weight is 305 g/mol. The summed E-state index contributed by atoms with van der Waals surface area (Å²) >= 11 is 0. The summed E-state index contributed by atoms with van der Waals surface area (Å²) in [7, 11) is 1.83. The van der Waals surface area contributed by atoms with E-state index in [1.807, 2.05) is 7.05 Å². The molecule has 4 rings (SSSR count). The molecule has 0 radical (unpaired) electrons. The van der Waals surface area contributed by atoms with Gasteiger partial charge in [0.25, 0.3) is 0 Å². The van der Waals surface area contributed by atoms with Gasteiger partial charge in [0.1, 0.15) is 0 Å². The van der Waals surface area contributed by atoms with E-state index >= 15 is 0 Å². The van der Waals surface area contributed by atoms with Crippen molar-refractivity contribution in [1.29, 1.82) is 0 Å². The molecule has 118 valence electrons. The average Bonchev–Trinajstić information content (AvgIpc) is 3.14. The van der Waals surface area contributed by atoms with Gasteiger partial charge in [-0.05, 0) is 6.42 Å². The number of aliphatic hydroxyl groups is 1. The van der Waals surface area contributed by atoms with E-state index in [1.54, 1.807) is 4.68 Å². The van der Waals surface area contributed by atoms with E-state index in [4.69, 9.17) is 9.72 Å². The zero-order valence-electron chi connectivity index (χ0n) is 12.5. The van der Waals surface area contributed by atoms with Crippen LogP contribution in [-0.2, 0) is 11.8 Å². The molecule has 2 aromatic heterocycles. The number of β-amino-alcohol motifs (C(OH)–C–C–N with tert-alkyl or cyclic N) is 1. The number of anilines is 2. The number of nitrogens with zero attached hydrogens (tertiary/aromatic N) is 7. The van der Waals surface area contributed by atoms with Crippen molar-refractivity contribution in [2.45, 2.75) is 12.5 Å². The summed E-state index contributed by atoms with van der Waals surface area (Å²) in [6.07, 6.45) is 0.437. The highest BCUT2D eigenvalue weighted by atomic mass is 16.5. The Labute approximate surface area is 127 Å². The Balaban J connectivity index is 1.79. The third-order valence-corrected chi connectivity index (χ3v) is 4.18. The van der Waals surface area contributed by atoms with Crippen LogP contribution < -0.4 is 9.80 Å². The van der Waals surface area contributed by atoms with Crippen molar-refractivity contribution in [3.63, 3.8) is 0 Å². The number of morpholine rings is 1. The Kier molecular flexibility index (Phi) is 3.30. The predicted octanol–water partition coefficient (Wildman–Crippen LogP) is -0.834. The maximum Gasteiger partial charge on any atom is 0.229 e. The summed E-state index contributed by atoms with van der Waals surface area (Å²) in [6, 6.07) is 0. The van der Waals surface area contributed by atoms with E-state index in [0.29, 0.717) is 36.9 Å². The lowest BCUT2D eigenvalue weighted by Gasteiger charge is -2.27. The second-order valence-electron chi connectivity index (χ2n) is 5.72. The second kappa shape index (κ2) is 5.33. The minimum absolute atomic E-state index is 0.312. The first-order valence-electron chi connectivity index (χ1n) is 7.55. The van der Waals surface area contributed by atoms with Crippen molar-refractivity contribution in [2.24, 2.45) is 7.05 Å². The number of hydrogen-bond acceptors (Lipinski definition) is 8. The van der Waals surface area contributed by atoms with Crippen molar-refractivity contribution in [3.8, 4) is 0 Å². The first kappa shape index (κ1) is 13.6. The lowest BCUT2D eigenvalue weighted by molar-refractivity contribution is 0.122. The number of ether oxygens (including phenoxy) is 1. The maximum atomic E-state index is 9.80. The minimum Gasteiger partial charge on any atom is -0.391 e. The van der Waals surface area contributed by atoms with Gasteiger partial charge in [0, 0.05) is 33.2 Å². The maximum absolute atomic E-state index is 9.80. The number of aliphatic hydroxyl groups excluding tert-OH is 1. The van der Waals surface area contributed by atoms with Gasteiger partial charge in [-0.15, -0.1) is 5.10 Å². The molecule has 9 heteroatoms. The van der Waals surface area contributed by atoms with E-state index < -0.39 is 0 Å². The summed E-state index contributed by atoms with van der Waals surface area (Å²) < 4.78 is 7.05. The van der Waals surface area contributed by atoms with Crippen molar-refractivity contribution in [2.75, 3.05) is 49.2 Å². The molecule has 4 heterocycles. The molecule has 2 aliphatic heterocycles. The van der Waals surface area contributed by atoms with E-state index in [1.165, 1.54) is 0 Å². The van der Waals surface area contributed by atoms with E-state index in [2.05, 4.69) is 25.1 Å². The molecule has 2 aliphatic rings. The molecule has 2 saturated heterocycles. The summed E-state index contributed by atoms with van der Waals surface area (Å²) in [6.45, 7) is 4.26. The normalized spacial score (nSPS) is 22.7. The Bertz CT molecular complexity index is 682. The van der Waals surface area contributed by atoms with Crippen LogP contribution >= 0.6 is 0 Å². The van der Waals surface area contributed by atoms with Gasteiger partial charge in [0.15, 0.2) is 17.0 Å². The van der Waals surface area contributed by atoms with Gasteiger partial charge >= 0.3 is 0 Å². The first-order valence-corrected chi connectivity index (χ1v) is 7.55. The van der Waals surface area contributed by atoms with Crippen molar-refractivity contribution in [3.05, 3.63) is 0 Å². The molecular weight excluding hydrogens is 286 g/mol. The molecule has 1 atom stereocenters. The standard InChI is InChI=1S/C13H19N7O2/c1-18-11-10(16-17-18)12(20-3-2-9(21)8-20)15-13(14-11)19-4-6-22-7-5-19/h9,21H,2-8H2,1H3. The molecule has 9 nitrogen and oxygen atoms in total. The summed E-state index contributed by atoms with van der Waals surface area (Å²) in [4.78, 5) is 13.5. The lowest BCUT2D eigenvalue weighted by Crippen LogP contribution is -2.37. The molecule has 1 N–H and O–H groups in total. The van der Waals surface area contributed by atoms with Crippen LogP contribution in [0, 0.1) is 0 Å². The van der Waals surface area contributed by atoms with Crippen LogP contribution in [-0.4, -0.2) is 75.6 Å². The third-order valence-electron chi connectivity index (χ3n) is 4.18. The number of rotatable bonds is 2. The molecular formula is C13H19N7O2. The highest BCUT2D eigenvalue weighted by Crippen LogP contribution is 2.27. The van der Waals surface area contributed by atoms with Gasteiger partial charge < -0.3 is 19.6 Å². The van der Waals surface area contributed by atoms with E-state index in [-0.39, 0.29) is 6.10 Å². The molecule has 0 spiro atoms. The Morgan fingerprint density at radius 2 is 1.95 bits per heavy atom. The SMILES string of the molecule is Cn1nnc2c(N3CCC(O)C3)nc(N3CCOCC3)nc21. The molecule has 22 heavy (non-hydrogen) atoms. The zero-order valence-corrected chi connectivity index (χ0v) is 12.5. The van der Waals surface area contributed by atoms with Gasteiger partial charge in [-0.25, -0.2) is 4.68 Å². The number of aromatic nitrogens is 5. The van der Waals surface area contributed by atoms with Gasteiger partial charge in [-0.3, -0.25) is 0 Å². The quantitative estimate of drug-likeness (QED) is 0.768. The number of hydrogen-bond donors (Lipinski definition) is 1. The van der Waals surface area contributed by atoms with E-state index in [0.717, 1.165) is 31.9 Å². The zero-order chi connectivity index (χ0) is 15.1. The molecule has 1 unspecified atom stereocenters. The van der Waals surface area contributed by atoms with Gasteiger partial charge in [-0.2, -0.15) is 9.97 Å². The summed E-state index contributed by atoms with van der Waals surface area (Å²) in [5.74, 6) is 1.44. The van der Waals surface area contributed by atoms with Crippen LogP contribution in [0.1, 0.15) is 6.42 Å². The minimum atomic E-state index is -0.312. The van der Waals surface area contributed by atoms with Crippen LogP contribution in [0.2, 0.25) is 0 Å². The highest BCUT2D eigenvalue weighted by molar-refractivity contribution is 5.84. The number of fused-ring (bicyclic) bond motifs is 1. The Morgan fingerprint density at radius 1 is 1.14 bits per heavy atom. The summed E-state index contributed by atoms with van der Waals surface area (Å²) in [5.41, 5.74) is 1.40. The first-order chi connectivity index (χ1) is 10.7. The molecule has 0 aromatic carbocycles. The predicted molar refractivity (Wildman–Crippen MR) is 80.0 cm³/mol. The molecule has 0 saturated carbocycles. The third kappa shape index (κ3) is 2.26. The smallest absolute Gasteiger partial charge is 0.229 e. The molecule has 0 aliphatic carbocycles. The van der Waals surface area contributed by atoms with Crippen molar-refractivity contribution >= 4 is 22.9 Å². The molecule has 0 bridgehead atoms. The fourth-order valence-corrected chi connectivity index (χ4v) is 2.95. The van der Waals surface area contributed by atoms with E-state index in [9.17, 15) is 5.11 Å². The molecule has 0 amide bonds. The fraction of sp³-hybridized carbons (Fsp3) is 0.692. The van der Waals surface area contributed by atoms with Crippen molar-refractivity contribution in [1.82, 2.24) is 25.0 Å². The summed E-state index contributed by atoms with van der Waals surface area (Å²) in [5, 5.41) is 18.1. The van der Waals surface area contributed by atoms with Crippen LogP contribution in [0.15, 0.2) is 0 Å². The van der Waals surface area contributed by atoms with Crippen LogP contribution in [0.25, 0.3) is 11.2 Å². The van der Waals surface area contributed by atoms with Crippen molar-refractivity contribution < 1.29 is 9.84 Å². The molecule has 2 aromatic rings. The fourth-order valence-electron chi connectivity index (χ4n) is 2.95. The topological polar surface area (TPSA) is 92.4 Å². The van der Waals surface area contributed by atoms with Gasteiger partial charge in [0.05, 0.1) is 19.3 Å².